The Morgan fingerprint density at radius 2 is 2.07 bits per heavy atom. The van der Waals surface area contributed by atoms with E-state index in [0.29, 0.717) is 22.3 Å². The summed E-state index contributed by atoms with van der Waals surface area (Å²) in [6, 6.07) is 5.19. The first-order valence-electron chi connectivity index (χ1n) is 4.44. The van der Waals surface area contributed by atoms with Crippen LogP contribution in [0.15, 0.2) is 12.1 Å². The molecule has 0 atom stereocenters. The third kappa shape index (κ3) is 2.33. The molecule has 0 spiro atoms. The number of benzene rings is 1. The minimum Gasteiger partial charge on any atom is -0.481 e. The molecule has 4 heteroatoms. The highest BCUT2D eigenvalue weighted by Gasteiger charge is 2.11. The van der Waals surface area contributed by atoms with Gasteiger partial charge in [0.1, 0.15) is 0 Å². The highest BCUT2D eigenvalue weighted by atomic mass is 16.4. The van der Waals surface area contributed by atoms with Crippen LogP contribution in [0.2, 0.25) is 0 Å². The van der Waals surface area contributed by atoms with Gasteiger partial charge in [-0.1, -0.05) is 12.1 Å². The van der Waals surface area contributed by atoms with Gasteiger partial charge in [0.25, 0.3) is 0 Å². The Morgan fingerprint density at radius 3 is 2.53 bits per heavy atom. The molecule has 0 aliphatic heterocycles. The predicted octanol–water partition coefficient (Wildman–Crippen LogP) is 0.986. The van der Waals surface area contributed by atoms with E-state index in [9.17, 15) is 4.79 Å². The van der Waals surface area contributed by atoms with Crippen molar-refractivity contribution in [2.45, 2.75) is 20.0 Å². The molecular formula is C11H11NO3. The number of nitrogens with zero attached hydrogens (tertiary/aromatic N) is 1. The molecule has 0 saturated heterocycles. The number of hydrogen-bond acceptors (Lipinski definition) is 3. The first-order chi connectivity index (χ1) is 7.10. The van der Waals surface area contributed by atoms with Gasteiger partial charge in [-0.25, -0.2) is 0 Å². The van der Waals surface area contributed by atoms with Crippen molar-refractivity contribution in [2.75, 3.05) is 0 Å². The van der Waals surface area contributed by atoms with Gasteiger partial charge in [-0.05, 0) is 23.6 Å². The summed E-state index contributed by atoms with van der Waals surface area (Å²) >= 11 is 0. The molecule has 15 heavy (non-hydrogen) atoms. The van der Waals surface area contributed by atoms with E-state index >= 15 is 0 Å². The summed E-state index contributed by atoms with van der Waals surface area (Å²) < 4.78 is 0. The van der Waals surface area contributed by atoms with Crippen molar-refractivity contribution in [3.63, 3.8) is 0 Å². The Bertz CT molecular complexity index is 432. The van der Waals surface area contributed by atoms with E-state index in [0.717, 1.165) is 0 Å². The Hall–Kier alpha value is -1.86. The van der Waals surface area contributed by atoms with Crippen LogP contribution in [0.5, 0.6) is 0 Å². The van der Waals surface area contributed by atoms with Crippen molar-refractivity contribution in [1.29, 1.82) is 5.26 Å². The maximum atomic E-state index is 10.5. The van der Waals surface area contributed by atoms with Gasteiger partial charge in [-0.15, -0.1) is 0 Å². The zero-order valence-corrected chi connectivity index (χ0v) is 8.32. The van der Waals surface area contributed by atoms with E-state index in [4.69, 9.17) is 15.5 Å². The largest absolute Gasteiger partial charge is 0.481 e. The van der Waals surface area contributed by atoms with Crippen molar-refractivity contribution in [3.8, 4) is 6.07 Å². The van der Waals surface area contributed by atoms with Gasteiger partial charge < -0.3 is 10.2 Å². The van der Waals surface area contributed by atoms with E-state index in [2.05, 4.69) is 0 Å². The number of hydrogen-bond donors (Lipinski definition) is 2. The maximum absolute atomic E-state index is 10.5. The molecule has 0 radical (unpaired) electrons. The molecule has 2 N–H and O–H groups in total. The topological polar surface area (TPSA) is 81.3 Å². The Morgan fingerprint density at radius 1 is 1.47 bits per heavy atom. The predicted molar refractivity (Wildman–Crippen MR) is 53.2 cm³/mol. The zero-order valence-electron chi connectivity index (χ0n) is 8.32. The SMILES string of the molecule is Cc1c(CO)ccc(CC(=O)O)c1C#N. The molecule has 4 nitrogen and oxygen atoms in total. The minimum absolute atomic E-state index is 0.145. The molecule has 0 fully saturated rings. The summed E-state index contributed by atoms with van der Waals surface area (Å²) in [4.78, 5) is 10.5. The van der Waals surface area contributed by atoms with Crippen LogP contribution in [-0.4, -0.2) is 16.2 Å². The fraction of sp³-hybridized carbons (Fsp3) is 0.273. The lowest BCUT2D eigenvalue weighted by molar-refractivity contribution is -0.136. The van der Waals surface area contributed by atoms with Gasteiger partial charge in [0.15, 0.2) is 0 Å². The molecule has 0 amide bonds. The molecule has 1 rings (SSSR count). The highest BCUT2D eigenvalue weighted by Crippen LogP contribution is 2.18. The molecule has 1 aromatic carbocycles. The van der Waals surface area contributed by atoms with Crippen LogP contribution in [-0.2, 0) is 17.8 Å². The van der Waals surface area contributed by atoms with Crippen LogP contribution in [0.25, 0.3) is 0 Å². The summed E-state index contributed by atoms with van der Waals surface area (Å²) in [6.45, 7) is 1.56. The normalized spacial score (nSPS) is 9.67. The van der Waals surface area contributed by atoms with Crippen molar-refractivity contribution < 1.29 is 15.0 Å². The van der Waals surface area contributed by atoms with E-state index in [-0.39, 0.29) is 13.0 Å². The van der Waals surface area contributed by atoms with Crippen molar-refractivity contribution >= 4 is 5.97 Å². The van der Waals surface area contributed by atoms with Crippen molar-refractivity contribution in [3.05, 3.63) is 34.4 Å². The third-order valence-electron chi connectivity index (χ3n) is 2.29. The molecule has 0 bridgehead atoms. The lowest BCUT2D eigenvalue weighted by Gasteiger charge is -2.08. The quantitative estimate of drug-likeness (QED) is 0.770. The number of nitriles is 1. The third-order valence-corrected chi connectivity index (χ3v) is 2.29. The van der Waals surface area contributed by atoms with Crippen LogP contribution in [0, 0.1) is 18.3 Å². The summed E-state index contributed by atoms with van der Waals surface area (Å²) in [5.41, 5.74) is 2.14. The number of aliphatic hydroxyl groups excluding tert-OH is 1. The average Bonchev–Trinajstić information content (AvgIpc) is 2.18. The summed E-state index contributed by atoms with van der Waals surface area (Å²) in [7, 11) is 0. The number of aliphatic carboxylic acids is 1. The molecule has 0 saturated carbocycles. The van der Waals surface area contributed by atoms with E-state index in [1.54, 1.807) is 19.1 Å². The van der Waals surface area contributed by atoms with Gasteiger partial charge in [0, 0.05) is 0 Å². The number of carbonyl (C=O) groups is 1. The molecular weight excluding hydrogens is 194 g/mol. The monoisotopic (exact) mass is 205 g/mol. The van der Waals surface area contributed by atoms with Gasteiger partial charge in [-0.3, -0.25) is 4.79 Å². The number of aliphatic hydroxyl groups is 1. The number of carboxylic acids is 1. The molecule has 0 aromatic heterocycles. The van der Waals surface area contributed by atoms with E-state index in [1.165, 1.54) is 0 Å². The fourth-order valence-corrected chi connectivity index (χ4v) is 1.45. The standard InChI is InChI=1S/C11H11NO3/c1-7-9(6-13)3-2-8(4-11(14)15)10(7)5-12/h2-3,13H,4,6H2,1H3,(H,14,15). The Labute approximate surface area is 87.4 Å². The zero-order chi connectivity index (χ0) is 11.4. The van der Waals surface area contributed by atoms with E-state index in [1.807, 2.05) is 6.07 Å². The lowest BCUT2D eigenvalue weighted by Crippen LogP contribution is -2.05. The van der Waals surface area contributed by atoms with Gasteiger partial charge >= 0.3 is 5.97 Å². The van der Waals surface area contributed by atoms with Crippen LogP contribution >= 0.6 is 0 Å². The second-order valence-electron chi connectivity index (χ2n) is 3.22. The molecule has 0 heterocycles. The molecule has 0 unspecified atom stereocenters. The van der Waals surface area contributed by atoms with Crippen molar-refractivity contribution in [2.24, 2.45) is 0 Å². The van der Waals surface area contributed by atoms with Gasteiger partial charge in [0.2, 0.25) is 0 Å². The van der Waals surface area contributed by atoms with E-state index < -0.39 is 5.97 Å². The lowest BCUT2D eigenvalue weighted by atomic mass is 9.96. The van der Waals surface area contributed by atoms with Crippen molar-refractivity contribution in [1.82, 2.24) is 0 Å². The van der Waals surface area contributed by atoms with Crippen LogP contribution in [0.1, 0.15) is 22.3 Å². The summed E-state index contributed by atoms with van der Waals surface area (Å²) in [5, 5.41) is 26.5. The molecule has 1 aromatic rings. The highest BCUT2D eigenvalue weighted by molar-refractivity contribution is 5.71. The first-order valence-corrected chi connectivity index (χ1v) is 4.44. The summed E-state index contributed by atoms with van der Waals surface area (Å²) in [6.07, 6.45) is -0.171. The second kappa shape index (κ2) is 4.58. The van der Waals surface area contributed by atoms with Crippen LogP contribution < -0.4 is 0 Å². The molecule has 78 valence electrons. The van der Waals surface area contributed by atoms with Crippen LogP contribution in [0.3, 0.4) is 0 Å². The van der Waals surface area contributed by atoms with Gasteiger partial charge in [0.05, 0.1) is 24.7 Å². The maximum Gasteiger partial charge on any atom is 0.307 e. The number of rotatable bonds is 3. The minimum atomic E-state index is -0.970. The summed E-state index contributed by atoms with van der Waals surface area (Å²) in [5.74, 6) is -0.970. The average molecular weight is 205 g/mol. The fourth-order valence-electron chi connectivity index (χ4n) is 1.45. The Kier molecular flexibility index (Phi) is 3.42. The van der Waals surface area contributed by atoms with Crippen LogP contribution in [0.4, 0.5) is 0 Å². The molecule has 0 aliphatic carbocycles. The Balaban J connectivity index is 3.26. The van der Waals surface area contributed by atoms with Gasteiger partial charge in [-0.2, -0.15) is 5.26 Å². The second-order valence-corrected chi connectivity index (χ2v) is 3.22. The smallest absolute Gasteiger partial charge is 0.307 e. The number of carboxylic acid groups (broad SMARTS) is 1. The molecule has 0 aliphatic rings. The first kappa shape index (κ1) is 11.2.